The fourth-order valence-electron chi connectivity index (χ4n) is 4.99. The van der Waals surface area contributed by atoms with E-state index < -0.39 is 0 Å². The molecule has 0 N–H and O–H groups in total. The summed E-state index contributed by atoms with van der Waals surface area (Å²) in [6, 6.07) is 10.5. The van der Waals surface area contributed by atoms with Crippen LogP contribution >= 0.6 is 0 Å². The molecular formula is C27H34N3O4+. The molecule has 7 nitrogen and oxygen atoms in total. The van der Waals surface area contributed by atoms with Crippen LogP contribution < -0.4 is 23.5 Å². The Bertz CT molecular complexity index is 1190. The maximum atomic E-state index is 6.37. The normalized spacial score (nSPS) is 16.1. The molecule has 5 rings (SSSR count). The van der Waals surface area contributed by atoms with Crippen LogP contribution in [0, 0.1) is 0 Å². The Balaban J connectivity index is 1.47. The Morgan fingerprint density at radius 3 is 2.35 bits per heavy atom. The summed E-state index contributed by atoms with van der Waals surface area (Å²) in [7, 11) is 7.25. The van der Waals surface area contributed by atoms with Gasteiger partial charge in [0.05, 0.1) is 32.3 Å². The van der Waals surface area contributed by atoms with Crippen molar-refractivity contribution in [1.29, 1.82) is 0 Å². The van der Waals surface area contributed by atoms with Gasteiger partial charge in [-0.1, -0.05) is 0 Å². The van der Waals surface area contributed by atoms with Gasteiger partial charge < -0.3 is 23.8 Å². The van der Waals surface area contributed by atoms with Gasteiger partial charge in [-0.2, -0.15) is 4.57 Å². The number of nitrogens with zero attached hydrogens (tertiary/aromatic N) is 3. The molecule has 0 saturated carbocycles. The highest BCUT2D eigenvalue weighted by molar-refractivity contribution is 5.91. The van der Waals surface area contributed by atoms with Gasteiger partial charge in [-0.25, -0.2) is 0 Å². The lowest BCUT2D eigenvalue weighted by molar-refractivity contribution is -0.686. The predicted octanol–water partition coefficient (Wildman–Crippen LogP) is 3.00. The summed E-state index contributed by atoms with van der Waals surface area (Å²) in [6.07, 6.45) is 3.14. The number of methoxy groups -OCH3 is 3. The highest BCUT2D eigenvalue weighted by Gasteiger charge is 2.27. The minimum Gasteiger partial charge on any atom is -0.493 e. The van der Waals surface area contributed by atoms with Crippen molar-refractivity contribution in [2.75, 3.05) is 67.7 Å². The number of pyridine rings is 1. The van der Waals surface area contributed by atoms with Gasteiger partial charge in [0.2, 0.25) is 5.69 Å². The molecule has 2 aliphatic heterocycles. The molecule has 3 heterocycles. The molecule has 1 aromatic heterocycles. The average Bonchev–Trinajstić information content (AvgIpc) is 2.87. The zero-order chi connectivity index (χ0) is 23.7. The Hall–Kier alpha value is -3.03. The summed E-state index contributed by atoms with van der Waals surface area (Å²) in [4.78, 5) is 4.84. The van der Waals surface area contributed by atoms with Crippen LogP contribution in [0.4, 0.5) is 0 Å². The van der Waals surface area contributed by atoms with Gasteiger partial charge in [0.1, 0.15) is 6.61 Å². The zero-order valence-electron chi connectivity index (χ0n) is 20.6. The first-order valence-electron chi connectivity index (χ1n) is 11.9. The Morgan fingerprint density at radius 1 is 0.882 bits per heavy atom. The van der Waals surface area contributed by atoms with Crippen LogP contribution in [0.2, 0.25) is 0 Å². The first kappa shape index (κ1) is 22.7. The summed E-state index contributed by atoms with van der Waals surface area (Å²) in [5, 5.41) is 2.20. The highest BCUT2D eigenvalue weighted by atomic mass is 16.5. The van der Waals surface area contributed by atoms with E-state index in [9.17, 15) is 0 Å². The van der Waals surface area contributed by atoms with E-state index in [-0.39, 0.29) is 0 Å². The van der Waals surface area contributed by atoms with Gasteiger partial charge in [-0.05, 0) is 42.3 Å². The summed E-state index contributed by atoms with van der Waals surface area (Å²) in [5.74, 6) is 3.12. The number of aryl methyl sites for hydroxylation is 2. The third kappa shape index (κ3) is 4.26. The lowest BCUT2D eigenvalue weighted by Crippen LogP contribution is -2.45. The fraction of sp³-hybridized carbons (Fsp3) is 0.444. The molecule has 0 radical (unpaired) electrons. The van der Waals surface area contributed by atoms with Crippen LogP contribution in [0.5, 0.6) is 23.0 Å². The van der Waals surface area contributed by atoms with Gasteiger partial charge in [0, 0.05) is 45.2 Å². The second-order valence-electron chi connectivity index (χ2n) is 9.06. The fourth-order valence-corrected chi connectivity index (χ4v) is 4.99. The van der Waals surface area contributed by atoms with Gasteiger partial charge in [-0.15, -0.1) is 0 Å². The molecule has 1 fully saturated rings. The van der Waals surface area contributed by atoms with Crippen LogP contribution in [-0.2, 0) is 13.0 Å². The second kappa shape index (κ2) is 9.68. The van der Waals surface area contributed by atoms with E-state index in [1.54, 1.807) is 21.3 Å². The van der Waals surface area contributed by atoms with Crippen LogP contribution in [0.1, 0.15) is 5.56 Å². The molecule has 1 saturated heterocycles. The largest absolute Gasteiger partial charge is 0.493 e. The standard InChI is InChI=1S/C27H34N3O4/c1-28-9-11-29(12-10-28)13-14-34-27-22-18-30-8-7-20-16-25(32-3)26(33-4)17-21(20)23(30)15-19(22)5-6-24(27)31-2/h5-6,15-18H,7-14H2,1-4H3/q+1. The number of ether oxygens (including phenoxy) is 4. The minimum atomic E-state index is 0.640. The topological polar surface area (TPSA) is 47.3 Å². The van der Waals surface area contributed by atoms with Crippen molar-refractivity contribution < 1.29 is 23.5 Å². The molecule has 0 bridgehead atoms. The van der Waals surface area contributed by atoms with Gasteiger partial charge in [-0.3, -0.25) is 4.90 Å². The maximum absolute atomic E-state index is 6.37. The van der Waals surface area contributed by atoms with E-state index >= 15 is 0 Å². The van der Waals surface area contributed by atoms with Crippen LogP contribution in [0.15, 0.2) is 36.5 Å². The van der Waals surface area contributed by atoms with Crippen molar-refractivity contribution in [2.24, 2.45) is 0 Å². The van der Waals surface area contributed by atoms with Crippen molar-refractivity contribution >= 4 is 10.8 Å². The average molecular weight is 465 g/mol. The molecular weight excluding hydrogens is 430 g/mol. The molecule has 0 spiro atoms. The third-order valence-electron chi connectivity index (χ3n) is 7.06. The monoisotopic (exact) mass is 464 g/mol. The number of piperazine rings is 1. The van der Waals surface area contributed by atoms with E-state index in [0.717, 1.165) is 79.5 Å². The predicted molar refractivity (Wildman–Crippen MR) is 132 cm³/mol. The number of likely N-dealkylation sites (N-methyl/N-ethyl adjacent to an activating group) is 1. The first-order valence-corrected chi connectivity index (χ1v) is 11.9. The Morgan fingerprint density at radius 2 is 1.62 bits per heavy atom. The lowest BCUT2D eigenvalue weighted by atomic mass is 9.95. The number of hydrogen-bond acceptors (Lipinski definition) is 6. The van der Waals surface area contributed by atoms with Gasteiger partial charge in [0.15, 0.2) is 35.7 Å². The Kier molecular flexibility index (Phi) is 6.48. The van der Waals surface area contributed by atoms with E-state index in [1.165, 1.54) is 16.8 Å². The molecule has 2 aliphatic rings. The second-order valence-corrected chi connectivity index (χ2v) is 9.06. The maximum Gasteiger partial charge on any atom is 0.213 e. The number of fused-ring (bicyclic) bond motifs is 4. The molecule has 180 valence electrons. The molecule has 0 aliphatic carbocycles. The van der Waals surface area contributed by atoms with Crippen molar-refractivity contribution in [1.82, 2.24) is 9.80 Å². The van der Waals surface area contributed by atoms with E-state index in [1.807, 2.05) is 6.07 Å². The van der Waals surface area contributed by atoms with Crippen LogP contribution in [0.25, 0.3) is 22.0 Å². The number of aromatic nitrogens is 1. The van der Waals surface area contributed by atoms with Crippen molar-refractivity contribution in [3.8, 4) is 34.3 Å². The molecule has 0 unspecified atom stereocenters. The van der Waals surface area contributed by atoms with E-state index in [2.05, 4.69) is 51.9 Å². The van der Waals surface area contributed by atoms with Gasteiger partial charge >= 0.3 is 0 Å². The summed E-state index contributed by atoms with van der Waals surface area (Å²) in [6.45, 7) is 6.84. The molecule has 0 atom stereocenters. The Labute approximate surface area is 201 Å². The van der Waals surface area contributed by atoms with E-state index in [4.69, 9.17) is 18.9 Å². The quantitative estimate of drug-likeness (QED) is 0.501. The molecule has 34 heavy (non-hydrogen) atoms. The molecule has 3 aromatic rings. The molecule has 2 aromatic carbocycles. The van der Waals surface area contributed by atoms with Crippen molar-refractivity contribution in [3.63, 3.8) is 0 Å². The summed E-state index contributed by atoms with van der Waals surface area (Å²) >= 11 is 0. The van der Waals surface area contributed by atoms with Gasteiger partial charge in [0.25, 0.3) is 0 Å². The lowest BCUT2D eigenvalue weighted by Gasteiger charge is -2.32. The van der Waals surface area contributed by atoms with Crippen molar-refractivity contribution in [2.45, 2.75) is 13.0 Å². The summed E-state index contributed by atoms with van der Waals surface area (Å²) < 4.78 is 25.5. The zero-order valence-corrected chi connectivity index (χ0v) is 20.6. The number of hydrogen-bond donors (Lipinski definition) is 0. The number of rotatable bonds is 7. The third-order valence-corrected chi connectivity index (χ3v) is 7.06. The van der Waals surface area contributed by atoms with Crippen LogP contribution in [0.3, 0.4) is 0 Å². The first-order chi connectivity index (χ1) is 16.6. The van der Waals surface area contributed by atoms with Crippen molar-refractivity contribution in [3.05, 3.63) is 42.1 Å². The van der Waals surface area contributed by atoms with E-state index in [0.29, 0.717) is 6.61 Å². The highest BCUT2D eigenvalue weighted by Crippen LogP contribution is 2.40. The number of benzene rings is 2. The smallest absolute Gasteiger partial charge is 0.213 e. The summed E-state index contributed by atoms with van der Waals surface area (Å²) in [5.41, 5.74) is 3.62. The minimum absolute atomic E-state index is 0.640. The van der Waals surface area contributed by atoms with Crippen LogP contribution in [-0.4, -0.2) is 77.5 Å². The molecule has 7 heteroatoms. The SMILES string of the molecule is COc1cc2c(cc1OC)-c1cc3ccc(OC)c(OCCN4CCN(C)CC4)c3c[n+]1CC2. The molecule has 0 amide bonds.